The Bertz CT molecular complexity index is 1520. The first-order valence-corrected chi connectivity index (χ1v) is 11.4. The van der Waals surface area contributed by atoms with Gasteiger partial charge in [-0.25, -0.2) is 26.3 Å². The van der Waals surface area contributed by atoms with Gasteiger partial charge in [-0.15, -0.1) is 0 Å². The lowest BCUT2D eigenvalue weighted by Gasteiger charge is -2.19. The third-order valence-corrected chi connectivity index (χ3v) is 6.64. The minimum Gasteiger partial charge on any atom is -0.204 e. The predicted octanol–water partition coefficient (Wildman–Crippen LogP) is 9.69. The van der Waals surface area contributed by atoms with Crippen LogP contribution < -0.4 is 0 Å². The van der Waals surface area contributed by atoms with Gasteiger partial charge in [0.2, 0.25) is 0 Å². The summed E-state index contributed by atoms with van der Waals surface area (Å²) in [6.07, 6.45) is 0. The van der Waals surface area contributed by atoms with E-state index in [0.717, 1.165) is 24.3 Å². The highest BCUT2D eigenvalue weighted by molar-refractivity contribution is 9.10. The van der Waals surface area contributed by atoms with E-state index >= 15 is 0 Å². The van der Waals surface area contributed by atoms with Crippen LogP contribution >= 0.6 is 31.9 Å². The summed E-state index contributed by atoms with van der Waals surface area (Å²) in [7, 11) is 0. The molecular formula is C26H10Br2F6. The van der Waals surface area contributed by atoms with Gasteiger partial charge in [0.25, 0.3) is 0 Å². The second-order valence-electron chi connectivity index (χ2n) is 7.58. The molecule has 0 saturated heterocycles. The molecule has 0 nitrogen and oxygen atoms in total. The Morgan fingerprint density at radius 2 is 0.794 bits per heavy atom. The van der Waals surface area contributed by atoms with E-state index in [1.165, 1.54) is 0 Å². The van der Waals surface area contributed by atoms with E-state index in [-0.39, 0.29) is 22.3 Å². The average Bonchev–Trinajstić information content (AvgIpc) is 2.81. The minimum atomic E-state index is -1.62. The van der Waals surface area contributed by atoms with Crippen LogP contribution in [-0.2, 0) is 0 Å². The first-order valence-electron chi connectivity index (χ1n) is 9.81. The lowest BCUT2D eigenvalue weighted by atomic mass is 9.85. The van der Waals surface area contributed by atoms with Crippen LogP contribution in [0.3, 0.4) is 0 Å². The molecule has 0 heterocycles. The summed E-state index contributed by atoms with van der Waals surface area (Å²) < 4.78 is 86.9. The molecule has 0 spiro atoms. The Labute approximate surface area is 206 Å². The summed E-state index contributed by atoms with van der Waals surface area (Å²) in [6, 6.07) is 13.7. The molecule has 34 heavy (non-hydrogen) atoms. The molecule has 0 radical (unpaired) electrons. The smallest absolute Gasteiger partial charge is 0.195 e. The average molecular weight is 596 g/mol. The maximum absolute atomic E-state index is 15.0. The summed E-state index contributed by atoms with van der Waals surface area (Å²) in [5.74, 6) is -8.67. The molecule has 0 bridgehead atoms. The van der Waals surface area contributed by atoms with E-state index in [1.807, 2.05) is 0 Å². The monoisotopic (exact) mass is 594 g/mol. The van der Waals surface area contributed by atoms with Gasteiger partial charge in [-0.3, -0.25) is 0 Å². The zero-order chi connectivity index (χ0) is 24.3. The molecule has 8 heteroatoms. The first kappa shape index (κ1) is 22.9. The Morgan fingerprint density at radius 1 is 0.412 bits per heavy atom. The fraction of sp³-hybridized carbons (Fsp3) is 0. The van der Waals surface area contributed by atoms with Crippen molar-refractivity contribution >= 4 is 53.4 Å². The zero-order valence-corrected chi connectivity index (χ0v) is 20.0. The molecule has 0 N–H and O–H groups in total. The Balaban J connectivity index is 2.05. The molecule has 5 rings (SSSR count). The van der Waals surface area contributed by atoms with Gasteiger partial charge in [0.15, 0.2) is 34.9 Å². The second-order valence-corrected chi connectivity index (χ2v) is 9.41. The highest BCUT2D eigenvalue weighted by Gasteiger charge is 2.24. The quantitative estimate of drug-likeness (QED) is 0.108. The maximum Gasteiger partial charge on any atom is 0.195 e. The third kappa shape index (κ3) is 3.51. The van der Waals surface area contributed by atoms with Crippen molar-refractivity contribution in [1.29, 1.82) is 0 Å². The van der Waals surface area contributed by atoms with Crippen molar-refractivity contribution in [3.63, 3.8) is 0 Å². The van der Waals surface area contributed by atoms with Gasteiger partial charge in [0, 0.05) is 31.2 Å². The standard InChI is InChI=1S/C26H10Br2F6/c27-11-1-3-13-17(9-11)22(16-6-8-20(30)26(34)24(16)32)14-4-2-12(28)10-18(14)21(13)15-5-7-19(29)25(33)23(15)31/h1-10H. The Hall–Kier alpha value is -2.84. The Morgan fingerprint density at radius 3 is 1.18 bits per heavy atom. The lowest BCUT2D eigenvalue weighted by molar-refractivity contribution is 0.449. The van der Waals surface area contributed by atoms with Crippen molar-refractivity contribution in [2.75, 3.05) is 0 Å². The number of hydrogen-bond acceptors (Lipinski definition) is 0. The van der Waals surface area contributed by atoms with Crippen LogP contribution in [0, 0.1) is 34.9 Å². The summed E-state index contributed by atoms with van der Waals surface area (Å²) in [4.78, 5) is 0. The lowest BCUT2D eigenvalue weighted by Crippen LogP contribution is -1.99. The van der Waals surface area contributed by atoms with Crippen LogP contribution in [0.5, 0.6) is 0 Å². The van der Waals surface area contributed by atoms with Crippen LogP contribution in [0.4, 0.5) is 26.3 Å². The van der Waals surface area contributed by atoms with E-state index in [1.54, 1.807) is 36.4 Å². The van der Waals surface area contributed by atoms with Crippen LogP contribution in [0.15, 0.2) is 69.6 Å². The third-order valence-electron chi connectivity index (χ3n) is 5.65. The van der Waals surface area contributed by atoms with E-state index in [9.17, 15) is 26.3 Å². The number of fused-ring (bicyclic) bond motifs is 2. The van der Waals surface area contributed by atoms with Crippen LogP contribution in [-0.4, -0.2) is 0 Å². The number of benzene rings is 5. The number of rotatable bonds is 2. The number of halogens is 8. The molecule has 5 aromatic rings. The molecule has 0 aliphatic carbocycles. The molecule has 0 aliphatic rings. The van der Waals surface area contributed by atoms with E-state index < -0.39 is 34.9 Å². The Kier molecular flexibility index (Phi) is 5.68. The van der Waals surface area contributed by atoms with Crippen molar-refractivity contribution in [2.45, 2.75) is 0 Å². The molecule has 170 valence electrons. The summed E-state index contributed by atoms with van der Waals surface area (Å²) in [5, 5.41) is 1.48. The molecule has 0 amide bonds. The van der Waals surface area contributed by atoms with Gasteiger partial charge in [-0.05, 0) is 70.1 Å². The second kappa shape index (κ2) is 8.43. The number of hydrogen-bond donors (Lipinski definition) is 0. The van der Waals surface area contributed by atoms with E-state index in [4.69, 9.17) is 0 Å². The largest absolute Gasteiger partial charge is 0.204 e. The van der Waals surface area contributed by atoms with Crippen LogP contribution in [0.2, 0.25) is 0 Å². The maximum atomic E-state index is 15.0. The predicted molar refractivity (Wildman–Crippen MR) is 127 cm³/mol. The molecule has 0 atom stereocenters. The topological polar surface area (TPSA) is 0 Å². The fourth-order valence-corrected chi connectivity index (χ4v) is 4.91. The molecular weight excluding hydrogens is 586 g/mol. The van der Waals surface area contributed by atoms with Crippen molar-refractivity contribution in [3.8, 4) is 22.3 Å². The van der Waals surface area contributed by atoms with Crippen LogP contribution in [0.1, 0.15) is 0 Å². The molecule has 0 saturated carbocycles. The molecule has 0 aromatic heterocycles. The van der Waals surface area contributed by atoms with Gasteiger partial charge >= 0.3 is 0 Å². The van der Waals surface area contributed by atoms with E-state index in [2.05, 4.69) is 31.9 Å². The molecule has 0 aliphatic heterocycles. The minimum absolute atomic E-state index is 0.202. The van der Waals surface area contributed by atoms with Crippen molar-refractivity contribution in [2.24, 2.45) is 0 Å². The summed E-state index contributed by atoms with van der Waals surface area (Å²) >= 11 is 6.71. The molecule has 5 aromatic carbocycles. The van der Waals surface area contributed by atoms with E-state index in [0.29, 0.717) is 30.5 Å². The summed E-state index contributed by atoms with van der Waals surface area (Å²) in [6.45, 7) is 0. The van der Waals surface area contributed by atoms with Gasteiger partial charge in [-0.2, -0.15) is 0 Å². The van der Waals surface area contributed by atoms with Gasteiger partial charge in [-0.1, -0.05) is 44.0 Å². The van der Waals surface area contributed by atoms with Crippen molar-refractivity contribution < 1.29 is 26.3 Å². The van der Waals surface area contributed by atoms with Gasteiger partial charge < -0.3 is 0 Å². The summed E-state index contributed by atoms with van der Waals surface area (Å²) in [5.41, 5.74) is 0.0714. The highest BCUT2D eigenvalue weighted by atomic mass is 79.9. The van der Waals surface area contributed by atoms with Crippen LogP contribution in [0.25, 0.3) is 43.8 Å². The zero-order valence-electron chi connectivity index (χ0n) is 16.8. The van der Waals surface area contributed by atoms with Gasteiger partial charge in [0.05, 0.1) is 0 Å². The van der Waals surface area contributed by atoms with Crippen molar-refractivity contribution in [3.05, 3.63) is 105 Å². The van der Waals surface area contributed by atoms with Gasteiger partial charge in [0.1, 0.15) is 0 Å². The normalized spacial score (nSPS) is 11.5. The first-order chi connectivity index (χ1) is 16.2. The molecule has 0 unspecified atom stereocenters. The SMILES string of the molecule is Fc1ccc(-c2c3ccc(Br)cc3c(-c3ccc(F)c(F)c3F)c3ccc(Br)cc23)c(F)c1F. The van der Waals surface area contributed by atoms with Crippen molar-refractivity contribution in [1.82, 2.24) is 0 Å². The fourth-order valence-electron chi connectivity index (χ4n) is 4.19. The molecule has 0 fully saturated rings. The highest BCUT2D eigenvalue weighted by Crippen LogP contribution is 2.46.